The SMILES string of the molecule is CCN(c1cccc(C)c1)c1cc(Nc2ccccc2F)ncn1. The number of halogens is 1. The fourth-order valence-electron chi connectivity index (χ4n) is 2.54. The molecule has 122 valence electrons. The molecule has 1 aromatic heterocycles. The maximum Gasteiger partial charge on any atom is 0.146 e. The number of rotatable bonds is 5. The Morgan fingerprint density at radius 2 is 1.88 bits per heavy atom. The molecule has 1 heterocycles. The van der Waals surface area contributed by atoms with E-state index < -0.39 is 0 Å². The average Bonchev–Trinajstić information content (AvgIpc) is 2.58. The minimum absolute atomic E-state index is 0.316. The average molecular weight is 322 g/mol. The van der Waals surface area contributed by atoms with Crippen LogP contribution in [0.2, 0.25) is 0 Å². The third-order valence-electron chi connectivity index (χ3n) is 3.70. The van der Waals surface area contributed by atoms with Crippen molar-refractivity contribution in [2.75, 3.05) is 16.8 Å². The first kappa shape index (κ1) is 15.9. The fourth-order valence-corrected chi connectivity index (χ4v) is 2.54. The summed E-state index contributed by atoms with van der Waals surface area (Å²) in [6.45, 7) is 4.89. The van der Waals surface area contributed by atoms with Crippen LogP contribution in [0.3, 0.4) is 0 Å². The Balaban J connectivity index is 1.90. The molecule has 24 heavy (non-hydrogen) atoms. The highest BCUT2D eigenvalue weighted by molar-refractivity contribution is 5.65. The number of nitrogens with zero attached hydrogens (tertiary/aromatic N) is 3. The zero-order valence-electron chi connectivity index (χ0n) is 13.7. The smallest absolute Gasteiger partial charge is 0.146 e. The molecular weight excluding hydrogens is 303 g/mol. The molecule has 0 spiro atoms. The first-order chi connectivity index (χ1) is 11.7. The summed E-state index contributed by atoms with van der Waals surface area (Å²) in [5.74, 6) is 0.997. The topological polar surface area (TPSA) is 41.0 Å². The minimum atomic E-state index is -0.316. The Kier molecular flexibility index (Phi) is 4.70. The lowest BCUT2D eigenvalue weighted by Gasteiger charge is -2.22. The Bertz CT molecular complexity index is 835. The molecular formula is C19H19FN4. The minimum Gasteiger partial charge on any atom is -0.338 e. The third-order valence-corrected chi connectivity index (χ3v) is 3.70. The van der Waals surface area contributed by atoms with Crippen LogP contribution in [0.4, 0.5) is 27.4 Å². The largest absolute Gasteiger partial charge is 0.338 e. The van der Waals surface area contributed by atoms with Gasteiger partial charge in [-0.25, -0.2) is 14.4 Å². The van der Waals surface area contributed by atoms with Crippen molar-refractivity contribution in [2.24, 2.45) is 0 Å². The van der Waals surface area contributed by atoms with E-state index in [9.17, 15) is 4.39 Å². The molecule has 0 saturated carbocycles. The highest BCUT2D eigenvalue weighted by Crippen LogP contribution is 2.26. The molecule has 0 fully saturated rings. The van der Waals surface area contributed by atoms with E-state index in [-0.39, 0.29) is 5.82 Å². The van der Waals surface area contributed by atoms with Crippen molar-refractivity contribution in [1.29, 1.82) is 0 Å². The second-order valence-corrected chi connectivity index (χ2v) is 5.45. The number of aryl methyl sites for hydroxylation is 1. The molecule has 0 saturated heterocycles. The molecule has 0 radical (unpaired) electrons. The maximum absolute atomic E-state index is 13.8. The van der Waals surface area contributed by atoms with Crippen molar-refractivity contribution < 1.29 is 4.39 Å². The summed E-state index contributed by atoms with van der Waals surface area (Å²) in [6.07, 6.45) is 1.48. The number of aromatic nitrogens is 2. The first-order valence-corrected chi connectivity index (χ1v) is 7.85. The van der Waals surface area contributed by atoms with Gasteiger partial charge in [0.2, 0.25) is 0 Å². The summed E-state index contributed by atoms with van der Waals surface area (Å²) >= 11 is 0. The van der Waals surface area contributed by atoms with E-state index in [4.69, 9.17) is 0 Å². The molecule has 0 aliphatic carbocycles. The maximum atomic E-state index is 13.8. The van der Waals surface area contributed by atoms with Crippen LogP contribution in [0.1, 0.15) is 12.5 Å². The van der Waals surface area contributed by atoms with Gasteiger partial charge in [0.25, 0.3) is 0 Å². The monoisotopic (exact) mass is 322 g/mol. The third kappa shape index (κ3) is 3.51. The predicted octanol–water partition coefficient (Wildman–Crippen LogP) is 4.83. The molecule has 3 aromatic rings. The number of benzene rings is 2. The van der Waals surface area contributed by atoms with Crippen LogP contribution in [0.25, 0.3) is 0 Å². The lowest BCUT2D eigenvalue weighted by molar-refractivity contribution is 0.632. The number of nitrogens with one attached hydrogen (secondary N) is 1. The van der Waals surface area contributed by atoms with E-state index in [2.05, 4.69) is 46.2 Å². The van der Waals surface area contributed by atoms with Crippen molar-refractivity contribution in [3.05, 3.63) is 72.3 Å². The van der Waals surface area contributed by atoms with Gasteiger partial charge in [0.15, 0.2) is 0 Å². The molecule has 0 bridgehead atoms. The number of hydrogen-bond donors (Lipinski definition) is 1. The highest BCUT2D eigenvalue weighted by Gasteiger charge is 2.11. The van der Waals surface area contributed by atoms with E-state index in [1.165, 1.54) is 18.0 Å². The van der Waals surface area contributed by atoms with E-state index >= 15 is 0 Å². The van der Waals surface area contributed by atoms with Crippen LogP contribution in [0, 0.1) is 12.7 Å². The number of anilines is 4. The summed E-state index contributed by atoms with van der Waals surface area (Å²) in [5, 5.41) is 3.00. The first-order valence-electron chi connectivity index (χ1n) is 7.85. The van der Waals surface area contributed by atoms with Crippen molar-refractivity contribution in [3.8, 4) is 0 Å². The summed E-state index contributed by atoms with van der Waals surface area (Å²) < 4.78 is 13.8. The van der Waals surface area contributed by atoms with Gasteiger partial charge in [-0.3, -0.25) is 0 Å². The molecule has 1 N–H and O–H groups in total. The van der Waals surface area contributed by atoms with Gasteiger partial charge in [-0.1, -0.05) is 24.3 Å². The van der Waals surface area contributed by atoms with E-state index in [0.717, 1.165) is 18.1 Å². The zero-order valence-corrected chi connectivity index (χ0v) is 13.7. The van der Waals surface area contributed by atoms with Crippen LogP contribution in [-0.4, -0.2) is 16.5 Å². The molecule has 0 atom stereocenters. The Morgan fingerprint density at radius 1 is 1.04 bits per heavy atom. The van der Waals surface area contributed by atoms with E-state index in [0.29, 0.717) is 11.5 Å². The molecule has 3 rings (SSSR count). The van der Waals surface area contributed by atoms with Crippen LogP contribution in [0.5, 0.6) is 0 Å². The van der Waals surface area contributed by atoms with E-state index in [1.807, 2.05) is 18.2 Å². The van der Waals surface area contributed by atoms with Crippen LogP contribution in [-0.2, 0) is 0 Å². The van der Waals surface area contributed by atoms with Gasteiger partial charge >= 0.3 is 0 Å². The van der Waals surface area contributed by atoms with Gasteiger partial charge in [-0.2, -0.15) is 0 Å². The lowest BCUT2D eigenvalue weighted by Crippen LogP contribution is -2.17. The van der Waals surface area contributed by atoms with Gasteiger partial charge in [-0.05, 0) is 43.7 Å². The molecule has 2 aromatic carbocycles. The fraction of sp³-hybridized carbons (Fsp3) is 0.158. The van der Waals surface area contributed by atoms with Crippen molar-refractivity contribution in [2.45, 2.75) is 13.8 Å². The second kappa shape index (κ2) is 7.08. The van der Waals surface area contributed by atoms with Gasteiger partial charge in [0.05, 0.1) is 5.69 Å². The molecule has 0 aliphatic heterocycles. The molecule has 0 aliphatic rings. The van der Waals surface area contributed by atoms with E-state index in [1.54, 1.807) is 18.2 Å². The second-order valence-electron chi connectivity index (χ2n) is 5.45. The van der Waals surface area contributed by atoms with Crippen LogP contribution >= 0.6 is 0 Å². The summed E-state index contributed by atoms with van der Waals surface area (Å²) in [5.41, 5.74) is 2.64. The van der Waals surface area contributed by atoms with Crippen molar-refractivity contribution >= 4 is 23.0 Å². The molecule has 5 heteroatoms. The molecule has 0 amide bonds. The quantitative estimate of drug-likeness (QED) is 0.731. The van der Waals surface area contributed by atoms with Gasteiger partial charge < -0.3 is 10.2 Å². The normalized spacial score (nSPS) is 10.5. The molecule has 0 unspecified atom stereocenters. The Hall–Kier alpha value is -2.95. The number of para-hydroxylation sites is 1. The zero-order chi connectivity index (χ0) is 16.9. The van der Waals surface area contributed by atoms with Gasteiger partial charge in [0, 0.05) is 18.3 Å². The highest BCUT2D eigenvalue weighted by atomic mass is 19.1. The van der Waals surface area contributed by atoms with Gasteiger partial charge in [-0.15, -0.1) is 0 Å². The van der Waals surface area contributed by atoms with Crippen LogP contribution in [0.15, 0.2) is 60.9 Å². The predicted molar refractivity (Wildman–Crippen MR) is 95.6 cm³/mol. The van der Waals surface area contributed by atoms with Crippen molar-refractivity contribution in [3.63, 3.8) is 0 Å². The summed E-state index contributed by atoms with van der Waals surface area (Å²) in [6, 6.07) is 16.6. The van der Waals surface area contributed by atoms with Gasteiger partial charge in [0.1, 0.15) is 23.8 Å². The standard InChI is InChI=1S/C19H19FN4/c1-3-24(15-8-6-7-14(2)11-15)19-12-18(21-13-22-19)23-17-10-5-4-9-16(17)20/h4-13H,3H2,1-2H3,(H,21,22,23). The lowest BCUT2D eigenvalue weighted by atomic mass is 10.2. The summed E-state index contributed by atoms with van der Waals surface area (Å²) in [4.78, 5) is 10.6. The molecule has 4 nitrogen and oxygen atoms in total. The number of hydrogen-bond acceptors (Lipinski definition) is 4. The van der Waals surface area contributed by atoms with Crippen LogP contribution < -0.4 is 10.2 Å². The van der Waals surface area contributed by atoms with Crippen molar-refractivity contribution in [1.82, 2.24) is 9.97 Å². The Morgan fingerprint density at radius 3 is 2.62 bits per heavy atom. The summed E-state index contributed by atoms with van der Waals surface area (Å²) in [7, 11) is 0. The Labute approximate surface area is 141 Å².